The number of carbonyl (C=O) groups excluding carboxylic acids is 2. The van der Waals surface area contributed by atoms with Crippen molar-refractivity contribution in [1.29, 1.82) is 0 Å². The van der Waals surface area contributed by atoms with Crippen LogP contribution in [0.5, 0.6) is 0 Å². The van der Waals surface area contributed by atoms with Gasteiger partial charge in [0.25, 0.3) is 0 Å². The van der Waals surface area contributed by atoms with Crippen LogP contribution >= 0.6 is 0 Å². The van der Waals surface area contributed by atoms with Gasteiger partial charge in [-0.3, -0.25) is 9.69 Å². The maximum atomic E-state index is 10.8. The van der Waals surface area contributed by atoms with Gasteiger partial charge in [0, 0.05) is 13.1 Å². The smallest absolute Gasteiger partial charge is 0.324 e. The molecule has 0 heterocycles. The molecule has 0 aromatic carbocycles. The van der Waals surface area contributed by atoms with E-state index >= 15 is 0 Å². The summed E-state index contributed by atoms with van der Waals surface area (Å²) in [5.74, 6) is 0. The van der Waals surface area contributed by atoms with Crippen molar-refractivity contribution in [3.63, 3.8) is 0 Å². The Labute approximate surface area is 60.2 Å². The molecule has 0 bridgehead atoms. The molecule has 0 fully saturated rings. The molecule has 57 valence electrons. The number of hydrogen-bond acceptors (Lipinski definition) is 2. The van der Waals surface area contributed by atoms with Crippen LogP contribution in [0.1, 0.15) is 13.8 Å². The van der Waals surface area contributed by atoms with Crippen molar-refractivity contribution < 1.29 is 9.59 Å². The molecule has 10 heavy (non-hydrogen) atoms. The first-order valence-corrected chi connectivity index (χ1v) is 3.19. The normalized spacial score (nSPS) is 8.60. The third-order valence-electron chi connectivity index (χ3n) is 1.000. The number of nitrogens with zero attached hydrogens (tertiary/aromatic N) is 1. The molecule has 0 saturated carbocycles. The Morgan fingerprint density at radius 2 is 2.20 bits per heavy atom. The molecule has 4 heteroatoms. The van der Waals surface area contributed by atoms with E-state index in [1.807, 2.05) is 0 Å². The number of urea groups is 1. The molecule has 0 unspecified atom stereocenters. The molecule has 0 aliphatic carbocycles. The number of imide groups is 1. The SMILES string of the molecule is CCNC(=O)N([C]=O)CC. The van der Waals surface area contributed by atoms with Gasteiger partial charge < -0.3 is 5.32 Å². The molecular formula is C6H11N2O2. The van der Waals surface area contributed by atoms with Gasteiger partial charge >= 0.3 is 12.4 Å². The van der Waals surface area contributed by atoms with Crippen LogP contribution in [0.2, 0.25) is 0 Å². The average molecular weight is 143 g/mol. The second kappa shape index (κ2) is 4.78. The number of nitrogens with one attached hydrogen (secondary N) is 1. The fraction of sp³-hybridized carbons (Fsp3) is 0.667. The summed E-state index contributed by atoms with van der Waals surface area (Å²) >= 11 is 0. The lowest BCUT2D eigenvalue weighted by atomic mass is 10.6. The largest absolute Gasteiger partial charge is 0.338 e. The van der Waals surface area contributed by atoms with Crippen LogP contribution < -0.4 is 5.32 Å². The van der Waals surface area contributed by atoms with Gasteiger partial charge in [-0.05, 0) is 13.8 Å². The van der Waals surface area contributed by atoms with Crippen molar-refractivity contribution in [1.82, 2.24) is 10.2 Å². The summed E-state index contributed by atoms with van der Waals surface area (Å²) in [6.07, 6.45) is 1.51. The van der Waals surface area contributed by atoms with Crippen molar-refractivity contribution >= 4 is 12.4 Å². The predicted octanol–water partition coefficient (Wildman–Crippen LogP) is 0.105. The van der Waals surface area contributed by atoms with Gasteiger partial charge in [0.15, 0.2) is 0 Å². The summed E-state index contributed by atoms with van der Waals surface area (Å²) in [5, 5.41) is 2.47. The lowest BCUT2D eigenvalue weighted by molar-refractivity contribution is 0.221. The summed E-state index contributed by atoms with van der Waals surface area (Å²) in [4.78, 5) is 21.7. The summed E-state index contributed by atoms with van der Waals surface area (Å²) in [6.45, 7) is 4.38. The Hall–Kier alpha value is -1.06. The third-order valence-corrected chi connectivity index (χ3v) is 1.000. The number of rotatable bonds is 3. The zero-order valence-electron chi connectivity index (χ0n) is 6.18. The summed E-state index contributed by atoms with van der Waals surface area (Å²) in [5.41, 5.74) is 0. The maximum absolute atomic E-state index is 10.8. The van der Waals surface area contributed by atoms with Crippen LogP contribution in [-0.4, -0.2) is 30.4 Å². The molecule has 4 nitrogen and oxygen atoms in total. The standard InChI is InChI=1S/C6H11N2O2/c1-3-7-6(10)8(4-2)5-9/h3-4H2,1-2H3,(H,7,10). The Balaban J connectivity index is 3.76. The topological polar surface area (TPSA) is 49.4 Å². The number of amides is 3. The summed E-state index contributed by atoms with van der Waals surface area (Å²) in [6, 6.07) is -0.389. The van der Waals surface area contributed by atoms with E-state index in [9.17, 15) is 9.59 Å². The van der Waals surface area contributed by atoms with Gasteiger partial charge in [0.1, 0.15) is 0 Å². The minimum Gasteiger partial charge on any atom is -0.338 e. The molecule has 0 aliphatic rings. The molecule has 0 aromatic rings. The van der Waals surface area contributed by atoms with Crippen molar-refractivity contribution in [2.24, 2.45) is 0 Å². The van der Waals surface area contributed by atoms with Crippen LogP contribution in [0.25, 0.3) is 0 Å². The minimum absolute atomic E-state index is 0.356. The lowest BCUT2D eigenvalue weighted by Crippen LogP contribution is -2.38. The highest BCUT2D eigenvalue weighted by Crippen LogP contribution is 1.81. The van der Waals surface area contributed by atoms with Crippen LogP contribution in [0.3, 0.4) is 0 Å². The zero-order chi connectivity index (χ0) is 7.98. The van der Waals surface area contributed by atoms with Crippen LogP contribution in [-0.2, 0) is 4.79 Å². The molecule has 0 rings (SSSR count). The maximum Gasteiger partial charge on any atom is 0.324 e. The van der Waals surface area contributed by atoms with Crippen LogP contribution in [0.15, 0.2) is 0 Å². The zero-order valence-corrected chi connectivity index (χ0v) is 6.18. The van der Waals surface area contributed by atoms with Gasteiger partial charge in [-0.1, -0.05) is 0 Å². The van der Waals surface area contributed by atoms with Crippen LogP contribution in [0.4, 0.5) is 4.79 Å². The lowest BCUT2D eigenvalue weighted by Gasteiger charge is -2.10. The van der Waals surface area contributed by atoms with Crippen LogP contribution in [0, 0.1) is 0 Å². The van der Waals surface area contributed by atoms with Gasteiger partial charge in [-0.2, -0.15) is 0 Å². The molecule has 0 atom stereocenters. The average Bonchev–Trinajstić information content (AvgIpc) is 1.91. The Kier molecular flexibility index (Phi) is 4.28. The Morgan fingerprint density at radius 3 is 2.50 bits per heavy atom. The first-order chi connectivity index (χ1) is 4.76. The number of carbonyl (C=O) groups is 1. The first-order valence-electron chi connectivity index (χ1n) is 3.19. The molecule has 1 radical (unpaired) electrons. The van der Waals surface area contributed by atoms with Gasteiger partial charge in [0.05, 0.1) is 0 Å². The molecular weight excluding hydrogens is 132 g/mol. The van der Waals surface area contributed by atoms with E-state index in [4.69, 9.17) is 0 Å². The highest BCUT2D eigenvalue weighted by atomic mass is 16.2. The molecule has 0 aliphatic heterocycles. The monoisotopic (exact) mass is 143 g/mol. The van der Waals surface area contributed by atoms with Gasteiger partial charge in [-0.15, -0.1) is 0 Å². The molecule has 0 saturated heterocycles. The van der Waals surface area contributed by atoms with Crippen molar-refractivity contribution in [3.05, 3.63) is 0 Å². The van der Waals surface area contributed by atoms with Crippen molar-refractivity contribution in [2.75, 3.05) is 13.1 Å². The minimum atomic E-state index is -0.389. The highest BCUT2D eigenvalue weighted by molar-refractivity contribution is 5.84. The predicted molar refractivity (Wildman–Crippen MR) is 37.1 cm³/mol. The molecule has 3 amide bonds. The van der Waals surface area contributed by atoms with Gasteiger partial charge in [0.2, 0.25) is 0 Å². The van der Waals surface area contributed by atoms with E-state index in [1.165, 1.54) is 6.41 Å². The van der Waals surface area contributed by atoms with E-state index in [0.717, 1.165) is 4.90 Å². The molecule has 0 spiro atoms. The Morgan fingerprint density at radius 1 is 1.60 bits per heavy atom. The summed E-state index contributed by atoms with van der Waals surface area (Å²) in [7, 11) is 0. The molecule has 0 aromatic heterocycles. The third kappa shape index (κ3) is 2.48. The van der Waals surface area contributed by atoms with E-state index in [2.05, 4.69) is 5.32 Å². The quantitative estimate of drug-likeness (QED) is 0.570. The Bertz CT molecular complexity index is 125. The number of hydrogen-bond donors (Lipinski definition) is 1. The molecule has 1 N–H and O–H groups in total. The van der Waals surface area contributed by atoms with E-state index < -0.39 is 0 Å². The highest BCUT2D eigenvalue weighted by Gasteiger charge is 2.07. The fourth-order valence-electron chi connectivity index (χ4n) is 0.496. The second-order valence-electron chi connectivity index (χ2n) is 1.67. The first kappa shape index (κ1) is 8.94. The van der Waals surface area contributed by atoms with Crippen molar-refractivity contribution in [2.45, 2.75) is 13.8 Å². The summed E-state index contributed by atoms with van der Waals surface area (Å²) < 4.78 is 0. The van der Waals surface area contributed by atoms with Gasteiger partial charge in [-0.25, -0.2) is 4.79 Å². The van der Waals surface area contributed by atoms with E-state index in [1.54, 1.807) is 13.8 Å². The fourth-order valence-corrected chi connectivity index (χ4v) is 0.496. The van der Waals surface area contributed by atoms with E-state index in [-0.39, 0.29) is 6.03 Å². The second-order valence-corrected chi connectivity index (χ2v) is 1.67. The van der Waals surface area contributed by atoms with E-state index in [0.29, 0.717) is 13.1 Å². The van der Waals surface area contributed by atoms with Crippen molar-refractivity contribution in [3.8, 4) is 0 Å².